The highest BCUT2D eigenvalue weighted by Gasteiger charge is 2.14. The Kier molecular flexibility index (Phi) is 11.2. The maximum atomic E-state index is 11.7. The Bertz CT molecular complexity index is 591. The molecule has 0 bridgehead atoms. The summed E-state index contributed by atoms with van der Waals surface area (Å²) in [6, 6.07) is 10.1. The van der Waals surface area contributed by atoms with E-state index in [4.69, 9.17) is 0 Å². The summed E-state index contributed by atoms with van der Waals surface area (Å²) in [5.74, 6) is 0.938. The number of hydrogen-bond donors (Lipinski definition) is 1. The fraction of sp³-hybridized carbons (Fsp3) is 0.562. The van der Waals surface area contributed by atoms with Gasteiger partial charge in [-0.3, -0.25) is 0 Å². The Morgan fingerprint density at radius 1 is 1.17 bits per heavy atom. The molecule has 0 saturated carbocycles. The second-order valence-corrected chi connectivity index (χ2v) is 7.89. The number of nitrogens with one attached hydrogen (secondary N) is 1. The topological polar surface area (TPSA) is 65.0 Å². The van der Waals surface area contributed by atoms with Gasteiger partial charge in [0.05, 0.1) is 12.3 Å². The number of benzene rings is 1. The molecule has 1 rings (SSSR count). The average Bonchev–Trinajstić information content (AvgIpc) is 2.54. The molecule has 8 heteroatoms. The molecule has 6 nitrogen and oxygen atoms in total. The van der Waals surface area contributed by atoms with Crippen molar-refractivity contribution < 1.29 is 8.42 Å². The number of guanidine groups is 1. The summed E-state index contributed by atoms with van der Waals surface area (Å²) in [4.78, 5) is 6.50. The van der Waals surface area contributed by atoms with E-state index in [0.717, 1.165) is 17.9 Å². The predicted molar refractivity (Wildman–Crippen MR) is 111 cm³/mol. The van der Waals surface area contributed by atoms with Gasteiger partial charge in [0.2, 0.25) is 10.0 Å². The maximum Gasteiger partial charge on any atom is 0.213 e. The van der Waals surface area contributed by atoms with Gasteiger partial charge in [-0.05, 0) is 18.9 Å². The quantitative estimate of drug-likeness (QED) is 0.274. The number of sulfonamides is 1. The summed E-state index contributed by atoms with van der Waals surface area (Å²) in [6.45, 7) is 3.45. The van der Waals surface area contributed by atoms with Crippen LogP contribution in [0.1, 0.15) is 18.9 Å². The summed E-state index contributed by atoms with van der Waals surface area (Å²) < 4.78 is 24.7. The highest BCUT2D eigenvalue weighted by molar-refractivity contribution is 14.0. The molecule has 0 aliphatic carbocycles. The summed E-state index contributed by atoms with van der Waals surface area (Å²) in [7, 11) is 2.39. The molecule has 0 aromatic heterocycles. The van der Waals surface area contributed by atoms with Crippen molar-refractivity contribution in [3.8, 4) is 0 Å². The lowest BCUT2D eigenvalue weighted by atomic mass is 10.2. The third kappa shape index (κ3) is 8.29. The molecule has 0 amide bonds. The van der Waals surface area contributed by atoms with Gasteiger partial charge in [-0.1, -0.05) is 30.3 Å². The number of rotatable bonds is 8. The number of aliphatic imine (C=N–C) groups is 1. The first kappa shape index (κ1) is 23.1. The van der Waals surface area contributed by atoms with Crippen LogP contribution >= 0.6 is 24.0 Å². The van der Waals surface area contributed by atoms with E-state index in [0.29, 0.717) is 19.6 Å². The third-order valence-corrected chi connectivity index (χ3v) is 5.31. The van der Waals surface area contributed by atoms with Gasteiger partial charge in [0.15, 0.2) is 5.96 Å². The zero-order valence-electron chi connectivity index (χ0n) is 14.9. The zero-order chi connectivity index (χ0) is 17.3. The van der Waals surface area contributed by atoms with Crippen molar-refractivity contribution in [3.05, 3.63) is 35.9 Å². The second kappa shape index (κ2) is 11.6. The Balaban J connectivity index is 0.00000529. The van der Waals surface area contributed by atoms with Crippen molar-refractivity contribution in [2.75, 3.05) is 40.0 Å². The molecule has 0 unspecified atom stereocenters. The predicted octanol–water partition coefficient (Wildman–Crippen LogP) is 1.98. The molecule has 0 radical (unpaired) electrons. The van der Waals surface area contributed by atoms with Crippen LogP contribution < -0.4 is 5.32 Å². The van der Waals surface area contributed by atoms with Crippen LogP contribution in [-0.2, 0) is 16.6 Å². The first-order valence-corrected chi connectivity index (χ1v) is 9.41. The van der Waals surface area contributed by atoms with Crippen molar-refractivity contribution in [1.82, 2.24) is 14.5 Å². The molecule has 1 aromatic rings. The van der Waals surface area contributed by atoms with Crippen LogP contribution in [0.15, 0.2) is 35.3 Å². The fourth-order valence-corrected chi connectivity index (χ4v) is 2.81. The van der Waals surface area contributed by atoms with Crippen LogP contribution in [0.25, 0.3) is 0 Å². The van der Waals surface area contributed by atoms with Crippen molar-refractivity contribution in [2.24, 2.45) is 4.99 Å². The van der Waals surface area contributed by atoms with Gasteiger partial charge in [0.25, 0.3) is 0 Å². The summed E-state index contributed by atoms with van der Waals surface area (Å²) >= 11 is 0. The van der Waals surface area contributed by atoms with Crippen molar-refractivity contribution in [1.29, 1.82) is 0 Å². The van der Waals surface area contributed by atoms with Gasteiger partial charge >= 0.3 is 0 Å². The Labute approximate surface area is 163 Å². The first-order valence-electron chi connectivity index (χ1n) is 7.80. The molecule has 0 fully saturated rings. The van der Waals surface area contributed by atoms with E-state index in [-0.39, 0.29) is 29.7 Å². The van der Waals surface area contributed by atoms with E-state index in [1.807, 2.05) is 49.3 Å². The van der Waals surface area contributed by atoms with Crippen LogP contribution in [0.2, 0.25) is 0 Å². The Morgan fingerprint density at radius 3 is 2.33 bits per heavy atom. The number of hydrogen-bond acceptors (Lipinski definition) is 3. The van der Waals surface area contributed by atoms with Gasteiger partial charge < -0.3 is 10.2 Å². The highest BCUT2D eigenvalue weighted by Crippen LogP contribution is 2.01. The van der Waals surface area contributed by atoms with Gasteiger partial charge in [0.1, 0.15) is 0 Å². The maximum absolute atomic E-state index is 11.7. The van der Waals surface area contributed by atoms with Crippen molar-refractivity contribution >= 4 is 40.0 Å². The third-order valence-electron chi connectivity index (χ3n) is 3.45. The number of nitrogens with zero attached hydrogens (tertiary/aromatic N) is 3. The molecular formula is C16H29IN4O2S. The monoisotopic (exact) mass is 468 g/mol. The highest BCUT2D eigenvalue weighted by atomic mass is 127. The summed E-state index contributed by atoms with van der Waals surface area (Å²) in [5.41, 5.74) is 1.16. The standard InChI is InChI=1S/C16H28N4O2S.HI/c1-5-23(21,22)20(4)13-9-12-17-16(19(2)3)18-14-15-10-7-6-8-11-15;/h6-8,10-11H,5,9,12-14H2,1-4H3,(H,17,18);1H. The van der Waals surface area contributed by atoms with Crippen molar-refractivity contribution in [2.45, 2.75) is 19.9 Å². The van der Waals surface area contributed by atoms with E-state index in [2.05, 4.69) is 10.3 Å². The molecular weight excluding hydrogens is 439 g/mol. The summed E-state index contributed by atoms with van der Waals surface area (Å²) in [6.07, 6.45) is 0.730. The Morgan fingerprint density at radius 2 is 1.79 bits per heavy atom. The SMILES string of the molecule is CCS(=O)(=O)N(C)CCCNC(=NCc1ccccc1)N(C)C.I. The lowest BCUT2D eigenvalue weighted by molar-refractivity contribution is 0.459. The van der Waals surface area contributed by atoms with E-state index in [9.17, 15) is 8.42 Å². The molecule has 1 N–H and O–H groups in total. The molecule has 24 heavy (non-hydrogen) atoms. The van der Waals surface area contributed by atoms with Crippen LogP contribution in [0.5, 0.6) is 0 Å². The van der Waals surface area contributed by atoms with Gasteiger partial charge in [-0.25, -0.2) is 17.7 Å². The van der Waals surface area contributed by atoms with E-state index in [1.165, 1.54) is 4.31 Å². The molecule has 1 aromatic carbocycles. The van der Waals surface area contributed by atoms with Gasteiger partial charge in [-0.2, -0.15) is 0 Å². The molecule has 0 heterocycles. The minimum atomic E-state index is -3.10. The van der Waals surface area contributed by atoms with Crippen LogP contribution in [0.3, 0.4) is 0 Å². The molecule has 0 spiro atoms. The largest absolute Gasteiger partial charge is 0.356 e. The lowest BCUT2D eigenvalue weighted by Crippen LogP contribution is -2.38. The van der Waals surface area contributed by atoms with E-state index >= 15 is 0 Å². The first-order chi connectivity index (χ1) is 10.9. The van der Waals surface area contributed by atoms with E-state index in [1.54, 1.807) is 14.0 Å². The van der Waals surface area contributed by atoms with Crippen LogP contribution in [-0.4, -0.2) is 63.6 Å². The lowest BCUT2D eigenvalue weighted by Gasteiger charge is -2.19. The minimum absolute atomic E-state index is 0. The van der Waals surface area contributed by atoms with Gasteiger partial charge in [-0.15, -0.1) is 24.0 Å². The van der Waals surface area contributed by atoms with Crippen LogP contribution in [0.4, 0.5) is 0 Å². The average molecular weight is 468 g/mol. The van der Waals surface area contributed by atoms with E-state index < -0.39 is 10.0 Å². The van der Waals surface area contributed by atoms with Gasteiger partial charge in [0, 0.05) is 34.2 Å². The minimum Gasteiger partial charge on any atom is -0.356 e. The zero-order valence-corrected chi connectivity index (χ0v) is 18.0. The Hall–Kier alpha value is -0.870. The molecule has 0 atom stereocenters. The molecule has 0 aliphatic heterocycles. The second-order valence-electron chi connectivity index (χ2n) is 5.52. The molecule has 138 valence electrons. The molecule has 0 saturated heterocycles. The van der Waals surface area contributed by atoms with Crippen molar-refractivity contribution in [3.63, 3.8) is 0 Å². The molecule has 0 aliphatic rings. The summed E-state index contributed by atoms with van der Waals surface area (Å²) in [5, 5.41) is 3.27. The number of halogens is 1. The normalized spacial score (nSPS) is 12.0. The fourth-order valence-electron chi connectivity index (χ4n) is 1.97. The van der Waals surface area contributed by atoms with Crippen LogP contribution in [0, 0.1) is 0 Å². The smallest absolute Gasteiger partial charge is 0.213 e.